The quantitative estimate of drug-likeness (QED) is 0.598. The second-order valence-electron chi connectivity index (χ2n) is 10.4. The average Bonchev–Trinajstić information content (AvgIpc) is 3.58. The van der Waals surface area contributed by atoms with Crippen molar-refractivity contribution in [3.63, 3.8) is 0 Å². The first-order valence-corrected chi connectivity index (χ1v) is 13.9. The number of thioether (sulfide) groups is 2. The van der Waals surface area contributed by atoms with E-state index in [1.807, 2.05) is 42.1 Å². The maximum Gasteiger partial charge on any atom is 0.238 e. The molecule has 3 fully saturated rings. The third-order valence-corrected chi connectivity index (χ3v) is 11.2. The summed E-state index contributed by atoms with van der Waals surface area (Å²) in [6, 6.07) is 18.3. The van der Waals surface area contributed by atoms with Gasteiger partial charge in [-0.3, -0.25) is 14.5 Å². The number of benzene rings is 2. The fourth-order valence-corrected chi connectivity index (χ4v) is 10.3. The molecular formula is C28H27N3O2S2. The number of para-hydroxylation sites is 1. The first-order chi connectivity index (χ1) is 16.9. The van der Waals surface area contributed by atoms with Gasteiger partial charge in [-0.05, 0) is 54.0 Å². The predicted molar refractivity (Wildman–Crippen MR) is 143 cm³/mol. The lowest BCUT2D eigenvalue weighted by atomic mass is 9.68. The summed E-state index contributed by atoms with van der Waals surface area (Å²) in [6.45, 7) is 4.19. The van der Waals surface area contributed by atoms with Gasteiger partial charge in [0, 0.05) is 35.9 Å². The lowest BCUT2D eigenvalue weighted by Crippen LogP contribution is -2.43. The van der Waals surface area contributed by atoms with E-state index in [4.69, 9.17) is 0 Å². The number of carbonyl (C=O) groups is 2. The Balaban J connectivity index is 1.30. The summed E-state index contributed by atoms with van der Waals surface area (Å²) < 4.78 is 0. The number of hydrogen-bond donors (Lipinski definition) is 1. The van der Waals surface area contributed by atoms with Crippen LogP contribution in [0.2, 0.25) is 0 Å². The van der Waals surface area contributed by atoms with E-state index in [9.17, 15) is 9.59 Å². The van der Waals surface area contributed by atoms with Gasteiger partial charge >= 0.3 is 0 Å². The molecule has 1 saturated heterocycles. The van der Waals surface area contributed by atoms with Crippen LogP contribution in [0.15, 0.2) is 76.1 Å². The van der Waals surface area contributed by atoms with Gasteiger partial charge in [0.1, 0.15) is 0 Å². The minimum Gasteiger partial charge on any atom is -0.378 e. The summed E-state index contributed by atoms with van der Waals surface area (Å²) in [4.78, 5) is 32.3. The highest BCUT2D eigenvalue weighted by atomic mass is 32.2. The third kappa shape index (κ3) is 2.97. The standard InChI is InChI=1S/C28H27N3O2S2/c1-14-29-26-25(34-14)20(15-9-11-16(12-10-15)30(2)3)21-18-13-19(24(21)35-26)23-22(18)27(32)31(28(23)33)17-7-5-4-6-8-17/h4-12,18-24,29H,1,13H2,2-3H3/t18-,19-,20-,21-,22+,23-,24-/m0/s1. The van der Waals surface area contributed by atoms with E-state index in [0.717, 1.165) is 11.4 Å². The van der Waals surface area contributed by atoms with Gasteiger partial charge < -0.3 is 10.2 Å². The van der Waals surface area contributed by atoms with Crippen molar-refractivity contribution in [3.8, 4) is 0 Å². The zero-order chi connectivity index (χ0) is 24.0. The summed E-state index contributed by atoms with van der Waals surface area (Å²) in [7, 11) is 4.11. The Kier molecular flexibility index (Phi) is 4.74. The highest BCUT2D eigenvalue weighted by Gasteiger charge is 2.69. The molecule has 35 heavy (non-hydrogen) atoms. The zero-order valence-corrected chi connectivity index (χ0v) is 21.3. The van der Waals surface area contributed by atoms with Crippen molar-refractivity contribution in [2.75, 3.05) is 23.9 Å². The average molecular weight is 502 g/mol. The molecule has 178 valence electrons. The van der Waals surface area contributed by atoms with Crippen molar-refractivity contribution in [1.82, 2.24) is 5.32 Å². The van der Waals surface area contributed by atoms with Crippen molar-refractivity contribution >= 4 is 46.7 Å². The number of rotatable bonds is 3. The second kappa shape index (κ2) is 7.68. The molecule has 7 heteroatoms. The molecular weight excluding hydrogens is 474 g/mol. The number of anilines is 2. The normalized spacial score (nSPS) is 34.7. The minimum absolute atomic E-state index is 0.00239. The van der Waals surface area contributed by atoms with Crippen LogP contribution in [0, 0.1) is 29.6 Å². The van der Waals surface area contributed by atoms with Crippen LogP contribution in [0.1, 0.15) is 17.9 Å². The van der Waals surface area contributed by atoms with E-state index in [2.05, 4.69) is 55.2 Å². The number of fused-ring (bicyclic) bond motifs is 8. The van der Waals surface area contributed by atoms with Gasteiger partial charge in [-0.15, -0.1) is 11.8 Å². The predicted octanol–water partition coefficient (Wildman–Crippen LogP) is 5.00. The number of amides is 2. The molecule has 1 N–H and O–H groups in total. The van der Waals surface area contributed by atoms with Crippen LogP contribution in [-0.2, 0) is 9.59 Å². The Morgan fingerprint density at radius 2 is 1.66 bits per heavy atom. The summed E-state index contributed by atoms with van der Waals surface area (Å²) in [5.41, 5.74) is 3.18. The molecule has 3 aliphatic heterocycles. The number of carbonyl (C=O) groups excluding carboxylic acids is 2. The molecule has 2 bridgehead atoms. The molecule has 0 unspecified atom stereocenters. The lowest BCUT2D eigenvalue weighted by Gasteiger charge is -2.43. The van der Waals surface area contributed by atoms with E-state index >= 15 is 0 Å². The lowest BCUT2D eigenvalue weighted by molar-refractivity contribution is -0.123. The van der Waals surface area contributed by atoms with E-state index in [1.165, 1.54) is 26.1 Å². The fraction of sp³-hybridized carbons (Fsp3) is 0.357. The fourth-order valence-electron chi connectivity index (χ4n) is 7.27. The molecule has 3 heterocycles. The van der Waals surface area contributed by atoms with Gasteiger partial charge in [0.05, 0.1) is 27.6 Å². The molecule has 2 aromatic carbocycles. The summed E-state index contributed by atoms with van der Waals surface area (Å²) in [5, 5.41) is 6.00. The van der Waals surface area contributed by atoms with Gasteiger partial charge in [0.15, 0.2) is 0 Å². The molecule has 2 aromatic rings. The minimum atomic E-state index is -0.206. The smallest absolute Gasteiger partial charge is 0.238 e. The van der Waals surface area contributed by atoms with Gasteiger partial charge in [-0.25, -0.2) is 0 Å². The van der Waals surface area contributed by atoms with Gasteiger partial charge in [-0.1, -0.05) is 48.7 Å². The first-order valence-electron chi connectivity index (χ1n) is 12.2. The van der Waals surface area contributed by atoms with Gasteiger partial charge in [0.25, 0.3) is 0 Å². The van der Waals surface area contributed by atoms with E-state index in [1.54, 1.807) is 11.8 Å². The zero-order valence-electron chi connectivity index (χ0n) is 19.7. The number of allylic oxidation sites excluding steroid dienone is 1. The summed E-state index contributed by atoms with van der Waals surface area (Å²) in [5.74, 6) is 0.600. The summed E-state index contributed by atoms with van der Waals surface area (Å²) in [6.07, 6.45) is 0.968. The Hall–Kier alpha value is -2.64. The van der Waals surface area contributed by atoms with Crippen molar-refractivity contribution in [1.29, 1.82) is 0 Å². The Morgan fingerprint density at radius 1 is 0.971 bits per heavy atom. The van der Waals surface area contributed by atoms with Crippen LogP contribution < -0.4 is 15.1 Å². The van der Waals surface area contributed by atoms with E-state index in [-0.39, 0.29) is 41.4 Å². The number of nitrogens with zero attached hydrogens (tertiary/aromatic N) is 2. The van der Waals surface area contributed by atoms with E-state index < -0.39 is 0 Å². The number of nitrogens with one attached hydrogen (secondary N) is 1. The van der Waals surface area contributed by atoms with Gasteiger partial charge in [-0.2, -0.15) is 0 Å². The topological polar surface area (TPSA) is 52.7 Å². The van der Waals surface area contributed by atoms with Crippen LogP contribution in [-0.4, -0.2) is 31.2 Å². The third-order valence-electron chi connectivity index (χ3n) is 8.57. The second-order valence-corrected chi connectivity index (χ2v) is 12.8. The number of hydrogen-bond acceptors (Lipinski definition) is 6. The van der Waals surface area contributed by atoms with Crippen molar-refractivity contribution in [2.24, 2.45) is 29.6 Å². The Labute approximate surface area is 214 Å². The van der Waals surface area contributed by atoms with Crippen LogP contribution in [0.25, 0.3) is 0 Å². The molecule has 7 rings (SSSR count). The van der Waals surface area contributed by atoms with Crippen molar-refractivity contribution in [3.05, 3.63) is 81.7 Å². The highest BCUT2D eigenvalue weighted by Crippen LogP contribution is 2.70. The monoisotopic (exact) mass is 501 g/mol. The van der Waals surface area contributed by atoms with Crippen LogP contribution in [0.3, 0.4) is 0 Å². The first kappa shape index (κ1) is 21.6. The molecule has 2 saturated carbocycles. The van der Waals surface area contributed by atoms with Gasteiger partial charge in [0.2, 0.25) is 11.8 Å². The molecule has 7 atom stereocenters. The maximum atomic E-state index is 13.8. The highest BCUT2D eigenvalue weighted by molar-refractivity contribution is 8.10. The Morgan fingerprint density at radius 3 is 2.34 bits per heavy atom. The molecule has 2 amide bonds. The van der Waals surface area contributed by atoms with E-state index in [0.29, 0.717) is 16.9 Å². The summed E-state index contributed by atoms with van der Waals surface area (Å²) >= 11 is 3.64. The van der Waals surface area contributed by atoms with Crippen molar-refractivity contribution in [2.45, 2.75) is 17.6 Å². The molecule has 5 nitrogen and oxygen atoms in total. The van der Waals surface area contributed by atoms with Crippen LogP contribution in [0.5, 0.6) is 0 Å². The molecule has 0 radical (unpaired) electrons. The number of imide groups is 1. The molecule has 5 aliphatic rings. The SMILES string of the molecule is C=C1NC2=C(S1)[C@@H](c1ccc(N(C)C)cc1)[C@@H]1[C@@H]3C[C@H]([C@@H]1S2)[C@@H]1C(=O)N(c2ccccc2)C(=O)[C@H]31. The van der Waals surface area contributed by atoms with Crippen LogP contribution >= 0.6 is 23.5 Å². The van der Waals surface area contributed by atoms with Crippen molar-refractivity contribution < 1.29 is 9.59 Å². The van der Waals surface area contributed by atoms with Crippen LogP contribution in [0.4, 0.5) is 11.4 Å². The largest absolute Gasteiger partial charge is 0.378 e. The Bertz CT molecular complexity index is 1290. The molecule has 0 spiro atoms. The maximum absolute atomic E-state index is 13.8. The molecule has 0 aromatic heterocycles. The molecule has 2 aliphatic carbocycles.